The first-order chi connectivity index (χ1) is 7.77. The van der Waals surface area contributed by atoms with Gasteiger partial charge in [0.15, 0.2) is 9.84 Å². The van der Waals surface area contributed by atoms with Crippen LogP contribution < -0.4 is 5.73 Å². The highest BCUT2D eigenvalue weighted by Gasteiger charge is 2.21. The van der Waals surface area contributed by atoms with Crippen LogP contribution in [0.2, 0.25) is 0 Å². The third-order valence-electron chi connectivity index (χ3n) is 2.56. The molecular weight excluding hydrogens is 248 g/mol. The smallest absolute Gasteiger partial charge is 0.181 e. The quantitative estimate of drug-likeness (QED) is 0.901. The van der Waals surface area contributed by atoms with Gasteiger partial charge in [0, 0.05) is 6.26 Å². The van der Waals surface area contributed by atoms with Gasteiger partial charge in [-0.2, -0.15) is 0 Å². The molecule has 0 heterocycles. The molecule has 1 aromatic rings. The van der Waals surface area contributed by atoms with E-state index in [1.54, 1.807) is 6.92 Å². The maximum Gasteiger partial charge on any atom is 0.181 e. The Kier molecular flexibility index (Phi) is 4.21. The van der Waals surface area contributed by atoms with E-state index in [1.165, 1.54) is 0 Å². The zero-order valence-electron chi connectivity index (χ0n) is 9.70. The molecule has 96 valence electrons. The van der Waals surface area contributed by atoms with Gasteiger partial charge >= 0.3 is 0 Å². The van der Waals surface area contributed by atoms with Crippen LogP contribution in [0.4, 0.5) is 8.78 Å². The Bertz CT molecular complexity index is 491. The van der Waals surface area contributed by atoms with Crippen LogP contribution in [-0.4, -0.2) is 21.2 Å². The molecular formula is C11H15F2NO2S. The molecule has 1 aromatic carbocycles. The Hall–Kier alpha value is -1.01. The summed E-state index contributed by atoms with van der Waals surface area (Å²) < 4.78 is 49.5. The molecule has 0 aliphatic rings. The van der Waals surface area contributed by atoms with E-state index in [-0.39, 0.29) is 5.92 Å². The molecule has 3 nitrogen and oxygen atoms in total. The van der Waals surface area contributed by atoms with E-state index in [2.05, 4.69) is 0 Å². The maximum atomic E-state index is 13.6. The number of halogens is 2. The Morgan fingerprint density at radius 3 is 2.12 bits per heavy atom. The molecule has 0 fully saturated rings. The molecule has 0 bridgehead atoms. The summed E-state index contributed by atoms with van der Waals surface area (Å²) in [4.78, 5) is -0.874. The molecule has 0 spiro atoms. The van der Waals surface area contributed by atoms with E-state index >= 15 is 0 Å². The van der Waals surface area contributed by atoms with Crippen molar-refractivity contribution in [3.63, 3.8) is 0 Å². The molecule has 0 aromatic heterocycles. The summed E-state index contributed by atoms with van der Waals surface area (Å²) in [5, 5.41) is 0. The zero-order chi connectivity index (χ0) is 13.2. The maximum absolute atomic E-state index is 13.6. The summed E-state index contributed by atoms with van der Waals surface area (Å²) >= 11 is 0. The van der Waals surface area contributed by atoms with Crippen molar-refractivity contribution in [2.24, 2.45) is 5.73 Å². The van der Waals surface area contributed by atoms with Crippen LogP contribution >= 0.6 is 0 Å². The molecule has 0 saturated carbocycles. The molecule has 6 heteroatoms. The first-order valence-corrected chi connectivity index (χ1v) is 7.05. The third-order valence-corrected chi connectivity index (χ3v) is 3.69. The second-order valence-corrected chi connectivity index (χ2v) is 6.02. The molecule has 1 atom stereocenters. The number of hydrogen-bond donors (Lipinski definition) is 1. The fraction of sp³-hybridized carbons (Fsp3) is 0.455. The SMILES string of the molecule is CC(CCN)c1cc(F)c(S(C)(=O)=O)c(F)c1. The van der Waals surface area contributed by atoms with Crippen LogP contribution in [0, 0.1) is 11.6 Å². The monoisotopic (exact) mass is 263 g/mol. The standard InChI is InChI=1S/C11H15F2NO2S/c1-7(3-4-14)8-5-9(12)11(10(13)6-8)17(2,15)16/h5-7H,3-4,14H2,1-2H3. The normalized spacial score (nSPS) is 13.7. The number of hydrogen-bond acceptors (Lipinski definition) is 3. The van der Waals surface area contributed by atoms with Crippen LogP contribution in [0.3, 0.4) is 0 Å². The summed E-state index contributed by atoms with van der Waals surface area (Å²) in [6.45, 7) is 2.18. The number of rotatable bonds is 4. The molecule has 1 rings (SSSR count). The number of benzene rings is 1. The fourth-order valence-corrected chi connectivity index (χ4v) is 2.46. The molecule has 0 aliphatic heterocycles. The highest BCUT2D eigenvalue weighted by molar-refractivity contribution is 7.90. The van der Waals surface area contributed by atoms with Crippen molar-refractivity contribution in [1.29, 1.82) is 0 Å². The van der Waals surface area contributed by atoms with Crippen LogP contribution in [0.15, 0.2) is 17.0 Å². The van der Waals surface area contributed by atoms with Crippen molar-refractivity contribution in [2.45, 2.75) is 24.2 Å². The van der Waals surface area contributed by atoms with Crippen LogP contribution in [0.25, 0.3) is 0 Å². The average molecular weight is 263 g/mol. The second-order valence-electron chi connectivity index (χ2n) is 4.06. The third kappa shape index (κ3) is 3.23. The molecule has 1 unspecified atom stereocenters. The second kappa shape index (κ2) is 5.10. The minimum absolute atomic E-state index is 0.113. The van der Waals surface area contributed by atoms with E-state index in [4.69, 9.17) is 5.73 Å². The van der Waals surface area contributed by atoms with Gasteiger partial charge in [0.05, 0.1) is 0 Å². The van der Waals surface area contributed by atoms with Gasteiger partial charge in [0.2, 0.25) is 0 Å². The van der Waals surface area contributed by atoms with Gasteiger partial charge < -0.3 is 5.73 Å². The first kappa shape index (κ1) is 14.1. The van der Waals surface area contributed by atoms with E-state index in [1.807, 2.05) is 0 Å². The van der Waals surface area contributed by atoms with Gasteiger partial charge in [-0.3, -0.25) is 0 Å². The minimum atomic E-state index is -3.89. The summed E-state index contributed by atoms with van der Waals surface area (Å²) in [6, 6.07) is 2.11. The molecule has 2 N–H and O–H groups in total. The van der Waals surface area contributed by atoms with Crippen molar-refractivity contribution < 1.29 is 17.2 Å². The fourth-order valence-electron chi connectivity index (χ4n) is 1.63. The van der Waals surface area contributed by atoms with E-state index in [9.17, 15) is 17.2 Å². The Morgan fingerprint density at radius 1 is 1.29 bits per heavy atom. The molecule has 0 saturated heterocycles. The van der Waals surface area contributed by atoms with E-state index in [0.717, 1.165) is 18.4 Å². The van der Waals surface area contributed by atoms with Crippen molar-refractivity contribution in [3.8, 4) is 0 Å². The summed E-state index contributed by atoms with van der Waals surface area (Å²) in [6.07, 6.45) is 1.36. The van der Waals surface area contributed by atoms with Gasteiger partial charge in [0.1, 0.15) is 16.5 Å². The number of sulfone groups is 1. The molecule has 17 heavy (non-hydrogen) atoms. The zero-order valence-corrected chi connectivity index (χ0v) is 10.5. The number of nitrogens with two attached hydrogens (primary N) is 1. The van der Waals surface area contributed by atoms with E-state index < -0.39 is 26.4 Å². The topological polar surface area (TPSA) is 60.2 Å². The van der Waals surface area contributed by atoms with Crippen molar-refractivity contribution in [3.05, 3.63) is 29.3 Å². The van der Waals surface area contributed by atoms with Crippen LogP contribution in [0.5, 0.6) is 0 Å². The average Bonchev–Trinajstić information content (AvgIpc) is 2.14. The predicted octanol–water partition coefficient (Wildman–Crippen LogP) is 1.82. The molecule has 0 amide bonds. The minimum Gasteiger partial charge on any atom is -0.330 e. The van der Waals surface area contributed by atoms with Crippen molar-refractivity contribution in [2.75, 3.05) is 12.8 Å². The Morgan fingerprint density at radius 2 is 1.76 bits per heavy atom. The lowest BCUT2D eigenvalue weighted by molar-refractivity contribution is 0.514. The van der Waals surface area contributed by atoms with Gasteiger partial charge in [-0.25, -0.2) is 17.2 Å². The van der Waals surface area contributed by atoms with Gasteiger partial charge in [-0.05, 0) is 36.6 Å². The highest BCUT2D eigenvalue weighted by atomic mass is 32.2. The van der Waals surface area contributed by atoms with E-state index in [0.29, 0.717) is 18.5 Å². The Balaban J connectivity index is 3.28. The lowest BCUT2D eigenvalue weighted by atomic mass is 9.98. The molecule has 0 radical (unpaired) electrons. The van der Waals surface area contributed by atoms with Crippen LogP contribution in [0.1, 0.15) is 24.8 Å². The van der Waals surface area contributed by atoms with Gasteiger partial charge in [-0.1, -0.05) is 6.92 Å². The highest BCUT2D eigenvalue weighted by Crippen LogP contribution is 2.26. The predicted molar refractivity (Wildman–Crippen MR) is 61.6 cm³/mol. The van der Waals surface area contributed by atoms with Crippen molar-refractivity contribution >= 4 is 9.84 Å². The van der Waals surface area contributed by atoms with Crippen LogP contribution in [-0.2, 0) is 9.84 Å². The summed E-state index contributed by atoms with van der Waals surface area (Å²) in [5.74, 6) is -2.21. The summed E-state index contributed by atoms with van der Waals surface area (Å²) in [7, 11) is -3.89. The van der Waals surface area contributed by atoms with Gasteiger partial charge in [0.25, 0.3) is 0 Å². The van der Waals surface area contributed by atoms with Crippen molar-refractivity contribution in [1.82, 2.24) is 0 Å². The Labute approximate surface area is 99.6 Å². The first-order valence-electron chi connectivity index (χ1n) is 5.16. The van der Waals surface area contributed by atoms with Gasteiger partial charge in [-0.15, -0.1) is 0 Å². The lowest BCUT2D eigenvalue weighted by Gasteiger charge is -2.12. The molecule has 0 aliphatic carbocycles. The largest absolute Gasteiger partial charge is 0.330 e. The lowest BCUT2D eigenvalue weighted by Crippen LogP contribution is -2.09. The summed E-state index contributed by atoms with van der Waals surface area (Å²) in [5.41, 5.74) is 5.77.